The number of aliphatic hydroxyl groups is 2. The Kier molecular flexibility index (Phi) is 18.4. The van der Waals surface area contributed by atoms with Crippen LogP contribution >= 0.6 is 0 Å². The van der Waals surface area contributed by atoms with E-state index in [0.717, 1.165) is 67.5 Å². The molecule has 12 nitrogen and oxygen atoms in total. The molecule has 0 fully saturated rings. The topological polar surface area (TPSA) is 195 Å². The van der Waals surface area contributed by atoms with E-state index in [2.05, 4.69) is 0 Å². The molecule has 0 spiro atoms. The van der Waals surface area contributed by atoms with E-state index >= 15 is 8.78 Å². The number of ether oxygens (including phenoxy) is 4. The minimum Gasteiger partial charge on any atom is -0.486 e. The first kappa shape index (κ1) is 52.7. The van der Waals surface area contributed by atoms with Gasteiger partial charge in [-0.2, -0.15) is 0 Å². The predicted octanol–water partition coefficient (Wildman–Crippen LogP) is 9.93. The number of carboxylic acids is 2. The molecule has 71 heavy (non-hydrogen) atoms. The summed E-state index contributed by atoms with van der Waals surface area (Å²) in [4.78, 5) is 31.9. The van der Waals surface area contributed by atoms with Gasteiger partial charge in [-0.1, -0.05) is 91.0 Å². The lowest BCUT2D eigenvalue weighted by molar-refractivity contribution is -0.143. The van der Waals surface area contributed by atoms with Gasteiger partial charge in [-0.3, -0.25) is 14.4 Å². The molecular formula is C57H57F2NO11. The summed E-state index contributed by atoms with van der Waals surface area (Å²) in [6, 6.07) is 29.1. The smallest absolute Gasteiger partial charge is 0.322 e. The highest BCUT2D eigenvalue weighted by atomic mass is 19.1. The van der Waals surface area contributed by atoms with Crippen molar-refractivity contribution in [3.8, 4) is 45.3 Å². The Morgan fingerprint density at radius 3 is 1.52 bits per heavy atom. The van der Waals surface area contributed by atoms with Crippen LogP contribution in [0.5, 0.6) is 23.0 Å². The van der Waals surface area contributed by atoms with Gasteiger partial charge < -0.3 is 45.1 Å². The normalized spacial score (nSPS) is 13.4. The molecule has 0 saturated heterocycles. The molecule has 6 aromatic carbocycles. The van der Waals surface area contributed by atoms with Gasteiger partial charge in [0.05, 0.1) is 19.1 Å². The number of aliphatic hydroxyl groups excluding tert-OH is 2. The van der Waals surface area contributed by atoms with Crippen LogP contribution in [0.3, 0.4) is 0 Å². The minimum atomic E-state index is -1.18. The van der Waals surface area contributed by atoms with E-state index in [-0.39, 0.29) is 18.1 Å². The standard InChI is InChI=1S/C29H29FO5.C25H21FO3.C3H7NO3/c1-18-6-7-20(8-9-23(17-31)29(32)33)16-22(18)11-10-21-4-3-5-24(19(21)2)25-12-13-26-28(27(25)30)35-15-14-34-26;1-16-6-7-18(15-27)14-20(16)9-8-19-4-3-5-21(17(19)2)22-10-11-23-25(24(22)26)29-13-12-28-23;4-2(1-5)3(6)7/h3-7,10-13,16,23,31H,8-9,14-15,17H2,1-2H3,(H,32,33);3-11,14-15H,12-13H2,1-2H3;2,5H,1,4H2,(H,6,7)/b11-10+;9-8+;/t23-;;2-/m0.0/s1. The second-order valence-electron chi connectivity index (χ2n) is 16.9. The quantitative estimate of drug-likeness (QED) is 0.0513. The largest absolute Gasteiger partial charge is 0.486 e. The number of carbonyl (C=O) groups is 3. The van der Waals surface area contributed by atoms with E-state index in [1.165, 1.54) is 0 Å². The molecule has 0 aromatic heterocycles. The van der Waals surface area contributed by atoms with Crippen molar-refractivity contribution in [2.75, 3.05) is 39.6 Å². The van der Waals surface area contributed by atoms with Crippen LogP contribution in [0.2, 0.25) is 0 Å². The monoisotopic (exact) mass is 969 g/mol. The third kappa shape index (κ3) is 13.2. The molecule has 2 aliphatic rings. The van der Waals surface area contributed by atoms with Crippen LogP contribution in [0, 0.1) is 45.2 Å². The van der Waals surface area contributed by atoms with Crippen molar-refractivity contribution in [3.63, 3.8) is 0 Å². The van der Waals surface area contributed by atoms with Gasteiger partial charge in [0.25, 0.3) is 0 Å². The van der Waals surface area contributed by atoms with Crippen LogP contribution in [0.1, 0.15) is 66.8 Å². The summed E-state index contributed by atoms with van der Waals surface area (Å²) in [5.74, 6) is -2.54. The van der Waals surface area contributed by atoms with Gasteiger partial charge in [0.2, 0.25) is 0 Å². The van der Waals surface area contributed by atoms with Crippen molar-refractivity contribution >= 4 is 42.5 Å². The minimum absolute atomic E-state index is 0.160. The molecule has 14 heteroatoms. The van der Waals surface area contributed by atoms with Crippen molar-refractivity contribution in [1.82, 2.24) is 0 Å². The summed E-state index contributed by atoms with van der Waals surface area (Å²) in [6.45, 7) is 8.59. The molecule has 0 aliphatic carbocycles. The number of hydrogen-bond acceptors (Lipinski definition) is 10. The van der Waals surface area contributed by atoms with Gasteiger partial charge in [-0.05, 0) is 132 Å². The lowest BCUT2D eigenvalue weighted by atomic mass is 9.94. The summed E-state index contributed by atoms with van der Waals surface area (Å²) in [6.07, 6.45) is 9.78. The van der Waals surface area contributed by atoms with Gasteiger partial charge in [-0.15, -0.1) is 0 Å². The molecular weight excluding hydrogens is 913 g/mol. The first-order valence-electron chi connectivity index (χ1n) is 23.0. The Labute approximate surface area is 411 Å². The van der Waals surface area contributed by atoms with Gasteiger partial charge in [0.15, 0.2) is 34.6 Å². The zero-order valence-corrected chi connectivity index (χ0v) is 39.9. The van der Waals surface area contributed by atoms with Crippen molar-refractivity contribution in [2.45, 2.75) is 46.6 Å². The summed E-state index contributed by atoms with van der Waals surface area (Å²) < 4.78 is 52.3. The molecule has 2 atom stereocenters. The van der Waals surface area contributed by atoms with Gasteiger partial charge >= 0.3 is 11.9 Å². The zero-order chi connectivity index (χ0) is 51.2. The second kappa shape index (κ2) is 24.8. The molecule has 0 unspecified atom stereocenters. The third-order valence-corrected chi connectivity index (χ3v) is 12.2. The number of benzene rings is 6. The van der Waals surface area contributed by atoms with Crippen molar-refractivity contribution in [3.05, 3.63) is 164 Å². The first-order valence-corrected chi connectivity index (χ1v) is 23.0. The summed E-state index contributed by atoms with van der Waals surface area (Å²) in [7, 11) is 0. The summed E-state index contributed by atoms with van der Waals surface area (Å²) in [5.41, 5.74) is 17.0. The number of aryl methyl sites for hydroxylation is 3. The lowest BCUT2D eigenvalue weighted by Gasteiger charge is -2.20. The number of hydrogen-bond donors (Lipinski definition) is 5. The first-order chi connectivity index (χ1) is 34.1. The fraction of sp³-hybridized carbons (Fsp3) is 0.246. The fourth-order valence-corrected chi connectivity index (χ4v) is 7.84. The average Bonchev–Trinajstić information content (AvgIpc) is 3.37. The van der Waals surface area contributed by atoms with Crippen LogP contribution in [0.15, 0.2) is 97.1 Å². The number of carbonyl (C=O) groups excluding carboxylic acids is 1. The van der Waals surface area contributed by atoms with Crippen LogP contribution < -0.4 is 24.7 Å². The summed E-state index contributed by atoms with van der Waals surface area (Å²) in [5, 5.41) is 34.3. The number of carboxylic acid groups (broad SMARTS) is 2. The van der Waals surface area contributed by atoms with Crippen LogP contribution in [-0.2, 0) is 16.0 Å². The molecule has 0 radical (unpaired) electrons. The fourth-order valence-electron chi connectivity index (χ4n) is 7.84. The van der Waals surface area contributed by atoms with E-state index in [9.17, 15) is 19.5 Å². The van der Waals surface area contributed by atoms with Gasteiger partial charge in [0.1, 0.15) is 38.8 Å². The SMILES string of the molecule is Cc1ccc(C=O)cc1/C=C/c1cccc(-c2ccc3c(c2F)OCCO3)c1C.Cc1ccc(CC[C@@H](CO)C(=O)O)cc1/C=C/c1cccc(-c2ccc3c(c2F)OCCO3)c1C.N[C@@H](CO)C(=O)O. The average molecular weight is 970 g/mol. The lowest BCUT2D eigenvalue weighted by Crippen LogP contribution is -2.33. The number of halogens is 2. The molecule has 6 aromatic rings. The van der Waals surface area contributed by atoms with Crippen molar-refractivity contribution in [1.29, 1.82) is 0 Å². The van der Waals surface area contributed by atoms with E-state index in [0.29, 0.717) is 67.5 Å². The number of aldehydes is 1. The van der Waals surface area contributed by atoms with E-state index in [1.807, 2.05) is 119 Å². The van der Waals surface area contributed by atoms with E-state index in [1.54, 1.807) is 30.3 Å². The maximum atomic E-state index is 15.2. The van der Waals surface area contributed by atoms with Crippen LogP contribution in [0.25, 0.3) is 46.6 Å². The highest BCUT2D eigenvalue weighted by Gasteiger charge is 2.23. The molecule has 0 amide bonds. The number of nitrogens with two attached hydrogens (primary N) is 1. The van der Waals surface area contributed by atoms with Gasteiger partial charge in [0, 0.05) is 16.7 Å². The Bertz CT molecular complexity index is 2950. The Balaban J connectivity index is 0.000000208. The highest BCUT2D eigenvalue weighted by Crippen LogP contribution is 2.41. The highest BCUT2D eigenvalue weighted by molar-refractivity contribution is 5.83. The second-order valence-corrected chi connectivity index (χ2v) is 16.9. The molecule has 2 heterocycles. The molecule has 2 aliphatic heterocycles. The van der Waals surface area contributed by atoms with Crippen LogP contribution in [-0.4, -0.2) is 84.3 Å². The van der Waals surface area contributed by atoms with Gasteiger partial charge in [-0.25, -0.2) is 8.78 Å². The van der Waals surface area contributed by atoms with Crippen molar-refractivity contribution < 1.29 is 62.5 Å². The maximum absolute atomic E-state index is 15.2. The molecule has 370 valence electrons. The number of fused-ring (bicyclic) bond motifs is 2. The Morgan fingerprint density at radius 1 is 0.592 bits per heavy atom. The molecule has 0 bridgehead atoms. The molecule has 8 rings (SSSR count). The zero-order valence-electron chi connectivity index (χ0n) is 39.9. The number of rotatable bonds is 14. The van der Waals surface area contributed by atoms with Crippen LogP contribution in [0.4, 0.5) is 8.78 Å². The third-order valence-electron chi connectivity index (χ3n) is 12.2. The molecule has 6 N–H and O–H groups in total. The van der Waals surface area contributed by atoms with E-state index < -0.39 is 42.1 Å². The maximum Gasteiger partial charge on any atom is 0.322 e. The Hall–Kier alpha value is -7.65. The van der Waals surface area contributed by atoms with Crippen molar-refractivity contribution in [2.24, 2.45) is 11.7 Å². The van der Waals surface area contributed by atoms with E-state index in [4.69, 9.17) is 40.0 Å². The summed E-state index contributed by atoms with van der Waals surface area (Å²) >= 11 is 0. The molecule has 0 saturated carbocycles. The number of aliphatic carboxylic acids is 2. The predicted molar refractivity (Wildman–Crippen MR) is 270 cm³/mol. The Morgan fingerprint density at radius 2 is 1.07 bits per heavy atom.